The number of carbonyl (C=O) groups excluding carboxylic acids is 1. The third-order valence-electron chi connectivity index (χ3n) is 2.54. The maximum absolute atomic E-state index is 11.1. The maximum atomic E-state index is 11.1. The average Bonchev–Trinajstić information content (AvgIpc) is 2.78. The Kier molecular flexibility index (Phi) is 6.18. The first kappa shape index (κ1) is 14.2. The lowest BCUT2D eigenvalue weighted by Crippen LogP contribution is -2.30. The van der Waals surface area contributed by atoms with Crippen molar-refractivity contribution in [2.24, 2.45) is 0 Å². The number of thiophene rings is 1. The molecule has 0 fully saturated rings. The molecule has 0 aliphatic carbocycles. The molecule has 1 atom stereocenters. The lowest BCUT2D eigenvalue weighted by atomic mass is 10.2. The molecule has 0 amide bonds. The minimum absolute atomic E-state index is 0.140. The van der Waals surface area contributed by atoms with Gasteiger partial charge in [0.05, 0.1) is 20.1 Å². The van der Waals surface area contributed by atoms with Crippen LogP contribution in [0.25, 0.3) is 0 Å². The summed E-state index contributed by atoms with van der Waals surface area (Å²) in [6.45, 7) is 2.91. The van der Waals surface area contributed by atoms with Crippen molar-refractivity contribution in [3.8, 4) is 0 Å². The number of nitrogens with one attached hydrogen (secondary N) is 1. The van der Waals surface area contributed by atoms with Crippen molar-refractivity contribution in [2.45, 2.75) is 32.4 Å². The van der Waals surface area contributed by atoms with E-state index in [1.807, 2.05) is 19.1 Å². The van der Waals surface area contributed by atoms with Gasteiger partial charge in [-0.15, -0.1) is 11.3 Å². The second kappa shape index (κ2) is 7.42. The van der Waals surface area contributed by atoms with Crippen LogP contribution < -0.4 is 5.32 Å². The normalized spacial score (nSPS) is 12.4. The van der Waals surface area contributed by atoms with Crippen molar-refractivity contribution in [2.75, 3.05) is 13.7 Å². The van der Waals surface area contributed by atoms with Gasteiger partial charge in [0.25, 0.3) is 0 Å². The highest BCUT2D eigenvalue weighted by Crippen LogP contribution is 2.17. The molecule has 17 heavy (non-hydrogen) atoms. The summed E-state index contributed by atoms with van der Waals surface area (Å²) >= 11 is 1.59. The quantitative estimate of drug-likeness (QED) is 0.723. The standard InChI is InChI=1S/C12H19NO3S/c1-3-9(8-14)13-7-11-5-4-10(17-11)6-12(15)16-2/h4-5,9,13-14H,3,6-8H2,1-2H3. The molecule has 0 spiro atoms. The summed E-state index contributed by atoms with van der Waals surface area (Å²) in [5.74, 6) is -0.215. The van der Waals surface area contributed by atoms with Gasteiger partial charge in [-0.2, -0.15) is 0 Å². The molecular weight excluding hydrogens is 238 g/mol. The van der Waals surface area contributed by atoms with E-state index in [0.717, 1.165) is 22.7 Å². The molecule has 0 bridgehead atoms. The Morgan fingerprint density at radius 2 is 2.24 bits per heavy atom. The summed E-state index contributed by atoms with van der Waals surface area (Å²) in [6, 6.07) is 4.08. The minimum atomic E-state index is -0.215. The van der Waals surface area contributed by atoms with Crippen LogP contribution in [0.2, 0.25) is 0 Å². The molecule has 0 saturated heterocycles. The number of aliphatic hydroxyl groups excluding tert-OH is 1. The van der Waals surface area contributed by atoms with E-state index in [2.05, 4.69) is 10.1 Å². The van der Waals surface area contributed by atoms with E-state index in [4.69, 9.17) is 5.11 Å². The Labute approximate surface area is 106 Å². The molecule has 4 nitrogen and oxygen atoms in total. The van der Waals surface area contributed by atoms with Gasteiger partial charge < -0.3 is 15.2 Å². The Morgan fingerprint density at radius 3 is 2.82 bits per heavy atom. The van der Waals surface area contributed by atoms with Gasteiger partial charge in [-0.1, -0.05) is 6.92 Å². The highest BCUT2D eigenvalue weighted by molar-refractivity contribution is 7.12. The first-order chi connectivity index (χ1) is 8.19. The summed E-state index contributed by atoms with van der Waals surface area (Å²) in [7, 11) is 1.39. The molecule has 2 N–H and O–H groups in total. The highest BCUT2D eigenvalue weighted by atomic mass is 32.1. The highest BCUT2D eigenvalue weighted by Gasteiger charge is 2.08. The van der Waals surface area contributed by atoms with Gasteiger partial charge in [-0.25, -0.2) is 0 Å². The predicted molar refractivity (Wildman–Crippen MR) is 68.0 cm³/mol. The van der Waals surface area contributed by atoms with E-state index in [1.54, 1.807) is 11.3 Å². The molecule has 0 saturated carbocycles. The lowest BCUT2D eigenvalue weighted by Gasteiger charge is -2.12. The molecule has 0 aliphatic heterocycles. The van der Waals surface area contributed by atoms with Crippen molar-refractivity contribution in [1.29, 1.82) is 0 Å². The fourth-order valence-electron chi connectivity index (χ4n) is 1.41. The Morgan fingerprint density at radius 1 is 1.53 bits per heavy atom. The fourth-order valence-corrected chi connectivity index (χ4v) is 2.36. The van der Waals surface area contributed by atoms with E-state index < -0.39 is 0 Å². The van der Waals surface area contributed by atoms with Gasteiger partial charge in [0.1, 0.15) is 0 Å². The molecule has 5 heteroatoms. The van der Waals surface area contributed by atoms with E-state index in [9.17, 15) is 4.79 Å². The SMILES string of the molecule is CCC(CO)NCc1ccc(CC(=O)OC)s1. The van der Waals surface area contributed by atoms with Crippen LogP contribution in [0.4, 0.5) is 0 Å². The number of hydrogen-bond acceptors (Lipinski definition) is 5. The number of methoxy groups -OCH3 is 1. The zero-order valence-corrected chi connectivity index (χ0v) is 11.0. The number of ether oxygens (including phenoxy) is 1. The van der Waals surface area contributed by atoms with Crippen LogP contribution in [0.3, 0.4) is 0 Å². The number of aliphatic hydroxyl groups is 1. The molecule has 96 valence electrons. The molecule has 1 unspecified atom stereocenters. The number of rotatable bonds is 7. The second-order valence-electron chi connectivity index (χ2n) is 3.79. The summed E-state index contributed by atoms with van der Waals surface area (Å²) in [5, 5.41) is 12.3. The first-order valence-corrected chi connectivity index (χ1v) is 6.49. The predicted octanol–water partition coefficient (Wildman–Crippen LogP) is 1.32. The minimum Gasteiger partial charge on any atom is -0.469 e. The Balaban J connectivity index is 2.42. The van der Waals surface area contributed by atoms with Gasteiger partial charge in [0, 0.05) is 22.3 Å². The van der Waals surface area contributed by atoms with Crippen LogP contribution in [0.1, 0.15) is 23.1 Å². The van der Waals surface area contributed by atoms with Crippen molar-refractivity contribution >= 4 is 17.3 Å². The zero-order valence-electron chi connectivity index (χ0n) is 10.2. The van der Waals surface area contributed by atoms with Gasteiger partial charge >= 0.3 is 5.97 Å². The number of hydrogen-bond donors (Lipinski definition) is 2. The average molecular weight is 257 g/mol. The van der Waals surface area contributed by atoms with Crippen molar-refractivity contribution in [1.82, 2.24) is 5.32 Å². The lowest BCUT2D eigenvalue weighted by molar-refractivity contribution is -0.139. The van der Waals surface area contributed by atoms with Gasteiger partial charge in [0.2, 0.25) is 0 Å². The van der Waals surface area contributed by atoms with Crippen LogP contribution in [0.15, 0.2) is 12.1 Å². The van der Waals surface area contributed by atoms with Crippen molar-refractivity contribution in [3.63, 3.8) is 0 Å². The monoisotopic (exact) mass is 257 g/mol. The third kappa shape index (κ3) is 4.85. The number of esters is 1. The molecule has 0 radical (unpaired) electrons. The van der Waals surface area contributed by atoms with E-state index in [1.165, 1.54) is 7.11 Å². The summed E-state index contributed by atoms with van der Waals surface area (Å²) in [4.78, 5) is 13.3. The van der Waals surface area contributed by atoms with Crippen molar-refractivity contribution < 1.29 is 14.6 Å². The van der Waals surface area contributed by atoms with Crippen LogP contribution in [-0.2, 0) is 22.5 Å². The summed E-state index contributed by atoms with van der Waals surface area (Å²) in [6.07, 6.45) is 1.23. The number of carbonyl (C=O) groups is 1. The molecule has 1 aromatic heterocycles. The molecule has 1 aromatic rings. The molecule has 1 heterocycles. The largest absolute Gasteiger partial charge is 0.469 e. The second-order valence-corrected chi connectivity index (χ2v) is 5.04. The summed E-state index contributed by atoms with van der Waals surface area (Å²) in [5.41, 5.74) is 0. The van der Waals surface area contributed by atoms with E-state index >= 15 is 0 Å². The zero-order chi connectivity index (χ0) is 12.7. The molecule has 1 rings (SSSR count). The van der Waals surface area contributed by atoms with Gasteiger partial charge in [0.15, 0.2) is 0 Å². The van der Waals surface area contributed by atoms with Crippen LogP contribution >= 0.6 is 11.3 Å². The Bertz CT molecular complexity index is 347. The van der Waals surface area contributed by atoms with Gasteiger partial charge in [-0.05, 0) is 18.6 Å². The maximum Gasteiger partial charge on any atom is 0.310 e. The van der Waals surface area contributed by atoms with Crippen LogP contribution in [0, 0.1) is 0 Å². The summed E-state index contributed by atoms with van der Waals surface area (Å²) < 4.78 is 4.62. The van der Waals surface area contributed by atoms with E-state index in [-0.39, 0.29) is 18.6 Å². The smallest absolute Gasteiger partial charge is 0.310 e. The third-order valence-corrected chi connectivity index (χ3v) is 3.63. The molecule has 0 aliphatic rings. The topological polar surface area (TPSA) is 58.6 Å². The molecular formula is C12H19NO3S. The van der Waals surface area contributed by atoms with Gasteiger partial charge in [-0.3, -0.25) is 4.79 Å². The molecule has 0 aromatic carbocycles. The van der Waals surface area contributed by atoms with Crippen LogP contribution in [0.5, 0.6) is 0 Å². The van der Waals surface area contributed by atoms with E-state index in [0.29, 0.717) is 6.42 Å². The first-order valence-electron chi connectivity index (χ1n) is 5.68. The fraction of sp³-hybridized carbons (Fsp3) is 0.583. The Hall–Kier alpha value is -0.910. The van der Waals surface area contributed by atoms with Crippen LogP contribution in [-0.4, -0.2) is 30.8 Å². The van der Waals surface area contributed by atoms with Crippen molar-refractivity contribution in [3.05, 3.63) is 21.9 Å².